The number of halogens is 1. The number of hydrogen-bond donors (Lipinski definition) is 2. The van der Waals surface area contributed by atoms with Crippen LogP contribution in [0.1, 0.15) is 46.5 Å². The number of nitrogens with two attached hydrogens (primary N) is 1. The molecule has 1 aliphatic carbocycles. The van der Waals surface area contributed by atoms with Gasteiger partial charge in [0.25, 0.3) is 5.91 Å². The normalized spacial score (nSPS) is 19.6. The number of sulfonamides is 1. The van der Waals surface area contributed by atoms with Crippen molar-refractivity contribution in [3.63, 3.8) is 0 Å². The first-order chi connectivity index (χ1) is 14.8. The Hall–Kier alpha value is -1.94. The molecule has 1 atom stereocenters. The molecule has 1 aromatic carbocycles. The number of benzene rings is 1. The van der Waals surface area contributed by atoms with Crippen molar-refractivity contribution in [2.24, 2.45) is 11.7 Å². The average molecular weight is 482 g/mol. The number of nitrogens with one attached hydrogen (secondary N) is 1. The van der Waals surface area contributed by atoms with Gasteiger partial charge in [-0.3, -0.25) is 9.59 Å². The smallest absolute Gasteiger partial charge is 0.251 e. The lowest BCUT2D eigenvalue weighted by Gasteiger charge is -2.31. The summed E-state index contributed by atoms with van der Waals surface area (Å²) in [6.07, 6.45) is 4.88. The molecule has 2 aliphatic rings. The quantitative estimate of drug-likeness (QED) is 0.681. The molecular weight excluding hydrogens is 458 g/mol. The van der Waals surface area contributed by atoms with Crippen LogP contribution in [-0.2, 0) is 27.7 Å². The van der Waals surface area contributed by atoms with Gasteiger partial charge >= 0.3 is 0 Å². The molecule has 1 aromatic heterocycles. The van der Waals surface area contributed by atoms with Crippen LogP contribution in [0.25, 0.3) is 0 Å². The molecule has 0 bridgehead atoms. The Bertz CT molecular complexity index is 1110. The second kappa shape index (κ2) is 8.90. The van der Waals surface area contributed by atoms with E-state index in [4.69, 9.17) is 17.3 Å². The molecule has 166 valence electrons. The number of carbonyl (C=O) groups is 2. The molecule has 0 radical (unpaired) electrons. The molecular formula is C21H24ClN3O4S2. The van der Waals surface area contributed by atoms with Crippen LogP contribution in [0.5, 0.6) is 0 Å². The number of fused-ring (bicyclic) bond motifs is 1. The number of anilines is 1. The third kappa shape index (κ3) is 4.50. The van der Waals surface area contributed by atoms with Crippen molar-refractivity contribution in [2.75, 3.05) is 18.4 Å². The number of nitrogens with zero attached hydrogens (tertiary/aromatic N) is 1. The zero-order valence-electron chi connectivity index (χ0n) is 16.9. The summed E-state index contributed by atoms with van der Waals surface area (Å²) < 4.78 is 27.3. The predicted octanol–water partition coefficient (Wildman–Crippen LogP) is 3.42. The highest BCUT2D eigenvalue weighted by molar-refractivity contribution is 7.89. The number of primary amides is 1. The Morgan fingerprint density at radius 3 is 2.55 bits per heavy atom. The summed E-state index contributed by atoms with van der Waals surface area (Å²) in [5.74, 6) is -1.32. The van der Waals surface area contributed by atoms with Crippen molar-refractivity contribution >= 4 is 49.8 Å². The molecule has 0 spiro atoms. The zero-order chi connectivity index (χ0) is 22.2. The van der Waals surface area contributed by atoms with Crippen LogP contribution in [0.15, 0.2) is 29.2 Å². The molecule has 2 amide bonds. The van der Waals surface area contributed by atoms with Gasteiger partial charge < -0.3 is 11.1 Å². The molecule has 2 aromatic rings. The predicted molar refractivity (Wildman–Crippen MR) is 121 cm³/mol. The first-order valence-corrected chi connectivity index (χ1v) is 12.9. The standard InChI is InChI=1S/C21H24ClN3O4S2/c22-14-7-9-15(10-8-14)31(28,29)25-11-3-4-13(12-25)20(27)24-21-18(19(23)26)16-5-1-2-6-17(16)30-21/h7-10,13H,1-6,11-12H2,(H2,23,26)(H,24,27). The monoisotopic (exact) mass is 481 g/mol. The maximum atomic E-state index is 13.0. The minimum atomic E-state index is -3.72. The highest BCUT2D eigenvalue weighted by atomic mass is 35.5. The molecule has 0 saturated carbocycles. The van der Waals surface area contributed by atoms with Gasteiger partial charge in [-0.2, -0.15) is 4.31 Å². The molecule has 3 N–H and O–H groups in total. The van der Waals surface area contributed by atoms with Crippen LogP contribution in [-0.4, -0.2) is 37.6 Å². The van der Waals surface area contributed by atoms with Crippen LogP contribution >= 0.6 is 22.9 Å². The minimum absolute atomic E-state index is 0.0911. The number of carbonyl (C=O) groups excluding carboxylic acids is 2. The van der Waals surface area contributed by atoms with Crippen molar-refractivity contribution in [3.05, 3.63) is 45.3 Å². The second-order valence-corrected chi connectivity index (χ2v) is 11.4. The van der Waals surface area contributed by atoms with E-state index in [2.05, 4.69) is 5.32 Å². The highest BCUT2D eigenvalue weighted by Crippen LogP contribution is 2.38. The molecule has 31 heavy (non-hydrogen) atoms. The Balaban J connectivity index is 1.52. The molecule has 10 heteroatoms. The van der Waals surface area contributed by atoms with Crippen molar-refractivity contribution in [1.29, 1.82) is 0 Å². The van der Waals surface area contributed by atoms with Crippen LogP contribution in [0.2, 0.25) is 5.02 Å². The average Bonchev–Trinajstić information content (AvgIpc) is 3.12. The number of aryl methyl sites for hydroxylation is 1. The summed E-state index contributed by atoms with van der Waals surface area (Å²) in [4.78, 5) is 26.3. The van der Waals surface area contributed by atoms with Crippen LogP contribution in [0, 0.1) is 5.92 Å². The summed E-state index contributed by atoms with van der Waals surface area (Å²) in [6, 6.07) is 6.01. The number of hydrogen-bond acceptors (Lipinski definition) is 5. The Labute approximate surface area is 190 Å². The molecule has 7 nitrogen and oxygen atoms in total. The molecule has 1 saturated heterocycles. The van der Waals surface area contributed by atoms with E-state index in [1.807, 2.05) is 0 Å². The summed E-state index contributed by atoms with van der Waals surface area (Å²) in [5, 5.41) is 3.82. The molecule has 2 heterocycles. The van der Waals surface area contributed by atoms with E-state index < -0.39 is 21.8 Å². The zero-order valence-corrected chi connectivity index (χ0v) is 19.3. The lowest BCUT2D eigenvalue weighted by atomic mass is 9.95. The van der Waals surface area contributed by atoms with Gasteiger partial charge in [0, 0.05) is 23.0 Å². The fourth-order valence-electron chi connectivity index (χ4n) is 4.26. The van der Waals surface area contributed by atoms with E-state index in [-0.39, 0.29) is 17.3 Å². The Kier molecular flexibility index (Phi) is 6.39. The second-order valence-electron chi connectivity index (χ2n) is 7.92. The molecule has 1 unspecified atom stereocenters. The van der Waals surface area contributed by atoms with Crippen LogP contribution in [0.3, 0.4) is 0 Å². The molecule has 1 aliphatic heterocycles. The fraction of sp³-hybridized carbons (Fsp3) is 0.429. The summed E-state index contributed by atoms with van der Waals surface area (Å²) in [6.45, 7) is 0.447. The summed E-state index contributed by atoms with van der Waals surface area (Å²) in [7, 11) is -3.72. The van der Waals surface area contributed by atoms with Gasteiger partial charge in [-0.15, -0.1) is 11.3 Å². The van der Waals surface area contributed by atoms with Crippen molar-refractivity contribution < 1.29 is 18.0 Å². The first kappa shape index (κ1) is 22.3. The van der Waals surface area contributed by atoms with Crippen LogP contribution < -0.4 is 11.1 Å². The molecule has 1 fully saturated rings. The Morgan fingerprint density at radius 2 is 1.84 bits per heavy atom. The number of piperidine rings is 1. The third-order valence-electron chi connectivity index (χ3n) is 5.86. The number of amides is 2. The van der Waals surface area contributed by atoms with Gasteiger partial charge in [0.05, 0.1) is 16.4 Å². The topological polar surface area (TPSA) is 110 Å². The summed E-state index contributed by atoms with van der Waals surface area (Å²) in [5.41, 5.74) is 6.98. The summed E-state index contributed by atoms with van der Waals surface area (Å²) >= 11 is 7.28. The van der Waals surface area contributed by atoms with E-state index in [1.54, 1.807) is 0 Å². The third-order valence-corrected chi connectivity index (χ3v) is 9.20. The van der Waals surface area contributed by atoms with E-state index in [1.165, 1.54) is 39.9 Å². The van der Waals surface area contributed by atoms with E-state index in [0.717, 1.165) is 36.1 Å². The van der Waals surface area contributed by atoms with Crippen molar-refractivity contribution in [1.82, 2.24) is 4.31 Å². The van der Waals surface area contributed by atoms with Gasteiger partial charge in [-0.05, 0) is 68.4 Å². The lowest BCUT2D eigenvalue weighted by molar-refractivity contribution is -0.120. The van der Waals surface area contributed by atoms with Gasteiger partial charge in [0.15, 0.2) is 0 Å². The van der Waals surface area contributed by atoms with Gasteiger partial charge in [-0.1, -0.05) is 11.6 Å². The Morgan fingerprint density at radius 1 is 1.13 bits per heavy atom. The van der Waals surface area contributed by atoms with Gasteiger partial charge in [0.1, 0.15) is 5.00 Å². The minimum Gasteiger partial charge on any atom is -0.365 e. The van der Waals surface area contributed by atoms with E-state index in [9.17, 15) is 18.0 Å². The van der Waals surface area contributed by atoms with Crippen LogP contribution in [0.4, 0.5) is 5.00 Å². The highest BCUT2D eigenvalue weighted by Gasteiger charge is 2.34. The van der Waals surface area contributed by atoms with Gasteiger partial charge in [-0.25, -0.2) is 8.42 Å². The number of thiophene rings is 1. The lowest BCUT2D eigenvalue weighted by Crippen LogP contribution is -2.43. The van der Waals surface area contributed by atoms with Gasteiger partial charge in [0.2, 0.25) is 15.9 Å². The maximum absolute atomic E-state index is 13.0. The van der Waals surface area contributed by atoms with Crippen molar-refractivity contribution in [2.45, 2.75) is 43.4 Å². The maximum Gasteiger partial charge on any atom is 0.251 e. The largest absolute Gasteiger partial charge is 0.365 e. The van der Waals surface area contributed by atoms with E-state index in [0.29, 0.717) is 35.0 Å². The SMILES string of the molecule is NC(=O)c1c(NC(=O)C2CCCN(S(=O)(=O)c3ccc(Cl)cc3)C2)sc2c1CCCC2. The van der Waals surface area contributed by atoms with E-state index >= 15 is 0 Å². The first-order valence-electron chi connectivity index (χ1n) is 10.3. The van der Waals surface area contributed by atoms with Crippen molar-refractivity contribution in [3.8, 4) is 0 Å². The number of rotatable bonds is 5. The molecule has 4 rings (SSSR count). The fourth-order valence-corrected chi connectivity index (χ4v) is 7.21.